The third kappa shape index (κ3) is 2.69. The Morgan fingerprint density at radius 1 is 1.44 bits per heavy atom. The molecule has 3 nitrogen and oxygen atoms in total. The maximum Gasteiger partial charge on any atom is 0.271 e. The zero-order chi connectivity index (χ0) is 11.5. The van der Waals surface area contributed by atoms with E-state index >= 15 is 0 Å². The van der Waals surface area contributed by atoms with E-state index in [0.29, 0.717) is 11.5 Å². The van der Waals surface area contributed by atoms with E-state index in [4.69, 9.17) is 0 Å². The highest BCUT2D eigenvalue weighted by atomic mass is 16.2. The highest BCUT2D eigenvalue weighted by molar-refractivity contribution is 5.95. The van der Waals surface area contributed by atoms with Gasteiger partial charge >= 0.3 is 0 Å². The van der Waals surface area contributed by atoms with Gasteiger partial charge in [-0.15, -0.1) is 0 Å². The van der Waals surface area contributed by atoms with E-state index in [2.05, 4.69) is 10.5 Å². The molecule has 1 amide bonds. The van der Waals surface area contributed by atoms with Crippen LogP contribution < -0.4 is 5.43 Å². The average Bonchev–Trinajstić information content (AvgIpc) is 3.09. The summed E-state index contributed by atoms with van der Waals surface area (Å²) in [6.07, 6.45) is 2.41. The smallest absolute Gasteiger partial charge is 0.267 e. The van der Waals surface area contributed by atoms with E-state index < -0.39 is 0 Å². The van der Waals surface area contributed by atoms with Crippen LogP contribution in [-0.4, -0.2) is 11.6 Å². The van der Waals surface area contributed by atoms with Gasteiger partial charge in [0.15, 0.2) is 0 Å². The lowest BCUT2D eigenvalue weighted by Crippen LogP contribution is -2.19. The van der Waals surface area contributed by atoms with Gasteiger partial charge in [0.05, 0.1) is 0 Å². The van der Waals surface area contributed by atoms with Crippen molar-refractivity contribution in [1.82, 2.24) is 5.43 Å². The first-order chi connectivity index (χ1) is 7.66. The Labute approximate surface area is 95.6 Å². The Bertz CT molecular complexity index is 433. The largest absolute Gasteiger partial charge is 0.271 e. The molecule has 0 heterocycles. The number of amides is 1. The minimum atomic E-state index is -0.135. The maximum absolute atomic E-state index is 11.7. The minimum absolute atomic E-state index is 0.135. The molecule has 3 heteroatoms. The lowest BCUT2D eigenvalue weighted by molar-refractivity contribution is 0.0954. The molecule has 1 fully saturated rings. The van der Waals surface area contributed by atoms with Crippen LogP contribution in [0.1, 0.15) is 35.7 Å². The Hall–Kier alpha value is -1.64. The van der Waals surface area contributed by atoms with Gasteiger partial charge in [0.1, 0.15) is 0 Å². The first-order valence-electron chi connectivity index (χ1n) is 5.58. The molecule has 1 aromatic rings. The number of benzene rings is 1. The summed E-state index contributed by atoms with van der Waals surface area (Å²) >= 11 is 0. The molecule has 84 valence electrons. The van der Waals surface area contributed by atoms with Crippen LogP contribution in [0.25, 0.3) is 0 Å². The van der Waals surface area contributed by atoms with E-state index in [1.807, 2.05) is 32.0 Å². The summed E-state index contributed by atoms with van der Waals surface area (Å²) in [7, 11) is 0. The van der Waals surface area contributed by atoms with Gasteiger partial charge < -0.3 is 0 Å². The standard InChI is InChI=1S/C13H16N2O/c1-9-4-3-5-12(8-9)13(16)15-14-10(2)11-6-7-11/h3-5,8,11H,6-7H2,1-2H3,(H,15,16)/b14-10-. The van der Waals surface area contributed by atoms with Crippen LogP contribution in [-0.2, 0) is 0 Å². The van der Waals surface area contributed by atoms with Crippen LogP contribution in [0.3, 0.4) is 0 Å². The van der Waals surface area contributed by atoms with Gasteiger partial charge in [-0.3, -0.25) is 4.79 Å². The van der Waals surface area contributed by atoms with Crippen molar-refractivity contribution in [3.05, 3.63) is 35.4 Å². The van der Waals surface area contributed by atoms with Crippen LogP contribution in [0.2, 0.25) is 0 Å². The molecule has 16 heavy (non-hydrogen) atoms. The highest BCUT2D eigenvalue weighted by Crippen LogP contribution is 2.30. The second-order valence-corrected chi connectivity index (χ2v) is 4.34. The number of hydrogen-bond donors (Lipinski definition) is 1. The van der Waals surface area contributed by atoms with Crippen molar-refractivity contribution in [2.45, 2.75) is 26.7 Å². The summed E-state index contributed by atoms with van der Waals surface area (Å²) < 4.78 is 0. The SMILES string of the molecule is C/C(=N/NC(=O)c1cccc(C)c1)C1CC1. The number of aryl methyl sites for hydroxylation is 1. The summed E-state index contributed by atoms with van der Waals surface area (Å²) in [5.41, 5.74) is 5.36. The van der Waals surface area contributed by atoms with Gasteiger partial charge in [0, 0.05) is 11.3 Å². The normalized spacial score (nSPS) is 16.0. The molecule has 0 unspecified atom stereocenters. The Morgan fingerprint density at radius 3 is 2.81 bits per heavy atom. The number of hydrogen-bond acceptors (Lipinski definition) is 2. The summed E-state index contributed by atoms with van der Waals surface area (Å²) in [6, 6.07) is 7.50. The van der Waals surface area contributed by atoms with Crippen molar-refractivity contribution < 1.29 is 4.79 Å². The second-order valence-electron chi connectivity index (χ2n) is 4.34. The van der Waals surface area contributed by atoms with Crippen LogP contribution >= 0.6 is 0 Å². The lowest BCUT2D eigenvalue weighted by atomic mass is 10.1. The van der Waals surface area contributed by atoms with Crippen molar-refractivity contribution >= 4 is 11.6 Å². The molecule has 1 aliphatic carbocycles. The first kappa shape index (κ1) is 10.9. The van der Waals surface area contributed by atoms with E-state index in [0.717, 1.165) is 11.3 Å². The molecule has 1 aliphatic rings. The van der Waals surface area contributed by atoms with E-state index in [9.17, 15) is 4.79 Å². The fourth-order valence-electron chi connectivity index (χ4n) is 1.58. The third-order valence-electron chi connectivity index (χ3n) is 2.78. The monoisotopic (exact) mass is 216 g/mol. The Morgan fingerprint density at radius 2 is 2.19 bits per heavy atom. The molecule has 0 bridgehead atoms. The molecule has 1 N–H and O–H groups in total. The molecule has 0 aliphatic heterocycles. The van der Waals surface area contributed by atoms with Crippen LogP contribution in [0.4, 0.5) is 0 Å². The highest BCUT2D eigenvalue weighted by Gasteiger charge is 2.24. The topological polar surface area (TPSA) is 41.5 Å². The molecular formula is C13H16N2O. The summed E-state index contributed by atoms with van der Waals surface area (Å²) in [4.78, 5) is 11.7. The number of carbonyl (C=O) groups is 1. The molecule has 2 rings (SSSR count). The maximum atomic E-state index is 11.7. The van der Waals surface area contributed by atoms with Gasteiger partial charge in [-0.25, -0.2) is 5.43 Å². The second kappa shape index (κ2) is 4.47. The van der Waals surface area contributed by atoms with E-state index in [-0.39, 0.29) is 5.91 Å². The Kier molecular flexibility index (Phi) is 3.04. The third-order valence-corrected chi connectivity index (χ3v) is 2.78. The fraction of sp³-hybridized carbons (Fsp3) is 0.385. The lowest BCUT2D eigenvalue weighted by Gasteiger charge is -2.02. The van der Waals surface area contributed by atoms with Crippen molar-refractivity contribution in [2.75, 3.05) is 0 Å². The molecule has 0 atom stereocenters. The van der Waals surface area contributed by atoms with Gasteiger partial charge in [0.25, 0.3) is 5.91 Å². The van der Waals surface area contributed by atoms with E-state index in [1.165, 1.54) is 12.8 Å². The molecule has 0 spiro atoms. The average molecular weight is 216 g/mol. The number of hydrazone groups is 1. The predicted octanol–water partition coefficient (Wildman–Crippen LogP) is 2.51. The molecule has 0 radical (unpaired) electrons. The van der Waals surface area contributed by atoms with Crippen molar-refractivity contribution in [3.8, 4) is 0 Å². The molecule has 1 saturated carbocycles. The van der Waals surface area contributed by atoms with Crippen LogP contribution in [0.15, 0.2) is 29.4 Å². The van der Waals surface area contributed by atoms with Gasteiger partial charge in [-0.1, -0.05) is 17.7 Å². The number of rotatable bonds is 3. The minimum Gasteiger partial charge on any atom is -0.267 e. The molecular weight excluding hydrogens is 200 g/mol. The number of nitrogens with zero attached hydrogens (tertiary/aromatic N) is 1. The van der Waals surface area contributed by atoms with Crippen molar-refractivity contribution in [3.63, 3.8) is 0 Å². The van der Waals surface area contributed by atoms with E-state index in [1.54, 1.807) is 6.07 Å². The number of carbonyl (C=O) groups excluding carboxylic acids is 1. The summed E-state index contributed by atoms with van der Waals surface area (Å²) in [6.45, 7) is 3.93. The summed E-state index contributed by atoms with van der Waals surface area (Å²) in [5, 5.41) is 4.11. The first-order valence-corrected chi connectivity index (χ1v) is 5.58. The molecule has 1 aromatic carbocycles. The van der Waals surface area contributed by atoms with Gasteiger partial charge in [-0.2, -0.15) is 5.10 Å². The Balaban J connectivity index is 2.00. The van der Waals surface area contributed by atoms with Gasteiger partial charge in [0.2, 0.25) is 0 Å². The summed E-state index contributed by atoms with van der Waals surface area (Å²) in [5.74, 6) is 0.460. The van der Waals surface area contributed by atoms with Crippen molar-refractivity contribution in [1.29, 1.82) is 0 Å². The van der Waals surface area contributed by atoms with Crippen LogP contribution in [0.5, 0.6) is 0 Å². The zero-order valence-corrected chi connectivity index (χ0v) is 9.66. The van der Waals surface area contributed by atoms with Crippen LogP contribution in [0, 0.1) is 12.8 Å². The number of nitrogens with one attached hydrogen (secondary N) is 1. The zero-order valence-electron chi connectivity index (χ0n) is 9.66. The quantitative estimate of drug-likeness (QED) is 0.612. The fourth-order valence-corrected chi connectivity index (χ4v) is 1.58. The van der Waals surface area contributed by atoms with Crippen molar-refractivity contribution in [2.24, 2.45) is 11.0 Å². The molecule has 0 saturated heterocycles. The molecule has 0 aromatic heterocycles. The van der Waals surface area contributed by atoms with Gasteiger partial charge in [-0.05, 0) is 44.7 Å². The predicted molar refractivity (Wildman–Crippen MR) is 64.5 cm³/mol.